The molecule has 6 heteroatoms. The van der Waals surface area contributed by atoms with E-state index in [1.807, 2.05) is 18.3 Å². The van der Waals surface area contributed by atoms with Crippen LogP contribution >= 0.6 is 0 Å². The SMILES string of the molecule is COC(=O)CN1CC2(CCC(c3ccccn3)(N(C)C)CC2)CC1=O. The zero-order chi connectivity index (χ0) is 18.1. The lowest BCUT2D eigenvalue weighted by molar-refractivity contribution is -0.145. The summed E-state index contributed by atoms with van der Waals surface area (Å²) >= 11 is 0. The highest BCUT2D eigenvalue weighted by molar-refractivity contribution is 5.84. The van der Waals surface area contributed by atoms with Crippen molar-refractivity contribution >= 4 is 11.9 Å². The Morgan fingerprint density at radius 2 is 2.00 bits per heavy atom. The minimum atomic E-state index is -0.350. The van der Waals surface area contributed by atoms with Crippen LogP contribution in [0.5, 0.6) is 0 Å². The highest BCUT2D eigenvalue weighted by Gasteiger charge is 2.50. The molecule has 0 aromatic carbocycles. The lowest BCUT2D eigenvalue weighted by atomic mass is 9.65. The Balaban J connectivity index is 1.74. The first-order chi connectivity index (χ1) is 11.9. The van der Waals surface area contributed by atoms with E-state index in [0.717, 1.165) is 31.4 Å². The van der Waals surface area contributed by atoms with Gasteiger partial charge in [-0.1, -0.05) is 6.07 Å². The fraction of sp³-hybridized carbons (Fsp3) is 0.632. The van der Waals surface area contributed by atoms with Gasteiger partial charge in [-0.25, -0.2) is 0 Å². The Hall–Kier alpha value is -1.95. The van der Waals surface area contributed by atoms with Gasteiger partial charge in [0, 0.05) is 19.2 Å². The van der Waals surface area contributed by atoms with E-state index in [2.05, 4.69) is 30.0 Å². The number of amides is 1. The molecular weight excluding hydrogens is 318 g/mol. The van der Waals surface area contributed by atoms with Crippen molar-refractivity contribution in [2.45, 2.75) is 37.6 Å². The van der Waals surface area contributed by atoms with Crippen molar-refractivity contribution in [3.8, 4) is 0 Å². The Labute approximate surface area is 149 Å². The maximum absolute atomic E-state index is 12.4. The van der Waals surface area contributed by atoms with Gasteiger partial charge < -0.3 is 9.64 Å². The second kappa shape index (κ2) is 6.75. The minimum absolute atomic E-state index is 0.0145. The summed E-state index contributed by atoms with van der Waals surface area (Å²) in [7, 11) is 5.57. The highest BCUT2D eigenvalue weighted by Crippen LogP contribution is 2.51. The molecule has 0 bridgehead atoms. The van der Waals surface area contributed by atoms with Gasteiger partial charge in [-0.05, 0) is 57.3 Å². The zero-order valence-corrected chi connectivity index (χ0v) is 15.3. The number of carbonyl (C=O) groups excluding carboxylic acids is 2. The van der Waals surface area contributed by atoms with Gasteiger partial charge in [-0.3, -0.25) is 19.5 Å². The Kier molecular flexibility index (Phi) is 4.82. The number of carbonyl (C=O) groups is 2. The average molecular weight is 345 g/mol. The van der Waals surface area contributed by atoms with Crippen molar-refractivity contribution in [3.63, 3.8) is 0 Å². The largest absolute Gasteiger partial charge is 0.468 e. The van der Waals surface area contributed by atoms with Gasteiger partial charge in [0.2, 0.25) is 5.91 Å². The van der Waals surface area contributed by atoms with E-state index in [1.165, 1.54) is 7.11 Å². The third-order valence-corrected chi connectivity index (χ3v) is 6.09. The summed E-state index contributed by atoms with van der Waals surface area (Å²) in [6.07, 6.45) is 6.25. The molecule has 2 aliphatic rings. The molecule has 1 aromatic rings. The quantitative estimate of drug-likeness (QED) is 0.779. The summed E-state index contributed by atoms with van der Waals surface area (Å²) in [5.41, 5.74) is 1.01. The van der Waals surface area contributed by atoms with Crippen LogP contribution in [0.15, 0.2) is 24.4 Å². The van der Waals surface area contributed by atoms with E-state index in [-0.39, 0.29) is 29.4 Å². The molecule has 6 nitrogen and oxygen atoms in total. The van der Waals surface area contributed by atoms with E-state index < -0.39 is 0 Å². The number of hydrogen-bond donors (Lipinski definition) is 0. The van der Waals surface area contributed by atoms with Crippen LogP contribution in [0.2, 0.25) is 0 Å². The molecule has 1 aliphatic heterocycles. The number of methoxy groups -OCH3 is 1. The van der Waals surface area contributed by atoms with Crippen LogP contribution in [0.25, 0.3) is 0 Å². The van der Waals surface area contributed by atoms with Gasteiger partial charge >= 0.3 is 5.97 Å². The van der Waals surface area contributed by atoms with Crippen molar-refractivity contribution in [1.82, 2.24) is 14.8 Å². The van der Waals surface area contributed by atoms with Crippen LogP contribution < -0.4 is 0 Å². The zero-order valence-electron chi connectivity index (χ0n) is 15.3. The Morgan fingerprint density at radius 3 is 2.56 bits per heavy atom. The van der Waals surface area contributed by atoms with Gasteiger partial charge in [0.05, 0.1) is 18.3 Å². The van der Waals surface area contributed by atoms with E-state index in [9.17, 15) is 9.59 Å². The summed E-state index contributed by atoms with van der Waals surface area (Å²) in [5, 5.41) is 0. The molecular formula is C19H27N3O3. The van der Waals surface area contributed by atoms with Crippen LogP contribution in [0.1, 0.15) is 37.8 Å². The number of hydrogen-bond acceptors (Lipinski definition) is 5. The molecule has 2 heterocycles. The van der Waals surface area contributed by atoms with Gasteiger partial charge in [0.1, 0.15) is 6.54 Å². The second-order valence-corrected chi connectivity index (χ2v) is 7.64. The molecule has 3 rings (SSSR count). The summed E-state index contributed by atoms with van der Waals surface area (Å²) in [4.78, 5) is 32.4. The predicted molar refractivity (Wildman–Crippen MR) is 93.7 cm³/mol. The standard InChI is InChI=1S/C19H27N3O3/c1-21(2)19(15-6-4-5-11-20-15)9-7-18(8-10-19)12-16(23)22(14-18)13-17(24)25-3/h4-6,11H,7-10,12-14H2,1-3H3. The third kappa shape index (κ3) is 3.27. The number of esters is 1. The van der Waals surface area contributed by atoms with Crippen LogP contribution in [-0.4, -0.2) is 61.0 Å². The minimum Gasteiger partial charge on any atom is -0.468 e. The van der Waals surface area contributed by atoms with Crippen molar-refractivity contribution < 1.29 is 14.3 Å². The van der Waals surface area contributed by atoms with Gasteiger partial charge in [-0.15, -0.1) is 0 Å². The summed E-state index contributed by atoms with van der Waals surface area (Å²) in [5.74, 6) is -0.280. The molecule has 0 radical (unpaired) electrons. The Bertz CT molecular complexity index is 637. The molecule has 0 N–H and O–H groups in total. The maximum Gasteiger partial charge on any atom is 0.325 e. The molecule has 1 amide bonds. The first-order valence-corrected chi connectivity index (χ1v) is 8.84. The first kappa shape index (κ1) is 17.9. The fourth-order valence-corrected chi connectivity index (χ4v) is 4.45. The highest BCUT2D eigenvalue weighted by atomic mass is 16.5. The molecule has 0 atom stereocenters. The predicted octanol–water partition coefficient (Wildman–Crippen LogP) is 1.80. The average Bonchev–Trinajstić information content (AvgIpc) is 2.91. The normalized spacial score (nSPS) is 29.4. The fourth-order valence-electron chi connectivity index (χ4n) is 4.45. The van der Waals surface area contributed by atoms with E-state index in [1.54, 1.807) is 4.90 Å². The number of rotatable bonds is 4. The number of nitrogens with zero attached hydrogens (tertiary/aromatic N) is 3. The molecule has 1 aromatic heterocycles. The van der Waals surface area contributed by atoms with Gasteiger partial charge in [0.25, 0.3) is 0 Å². The molecule has 25 heavy (non-hydrogen) atoms. The van der Waals surface area contributed by atoms with E-state index in [4.69, 9.17) is 4.74 Å². The van der Waals surface area contributed by atoms with Gasteiger partial charge in [-0.2, -0.15) is 0 Å². The first-order valence-electron chi connectivity index (χ1n) is 8.84. The monoisotopic (exact) mass is 345 g/mol. The maximum atomic E-state index is 12.4. The number of likely N-dealkylation sites (tertiary alicyclic amines) is 1. The lowest BCUT2D eigenvalue weighted by Crippen LogP contribution is -2.48. The molecule has 1 spiro atoms. The Morgan fingerprint density at radius 1 is 1.28 bits per heavy atom. The van der Waals surface area contributed by atoms with Crippen molar-refractivity contribution in [2.24, 2.45) is 5.41 Å². The summed E-state index contributed by atoms with van der Waals surface area (Å²) < 4.78 is 4.71. The second-order valence-electron chi connectivity index (χ2n) is 7.64. The number of pyridine rings is 1. The van der Waals surface area contributed by atoms with Crippen LogP contribution in [0.3, 0.4) is 0 Å². The number of aromatic nitrogens is 1. The molecule has 1 saturated heterocycles. The van der Waals surface area contributed by atoms with Crippen molar-refractivity contribution in [3.05, 3.63) is 30.1 Å². The van der Waals surface area contributed by atoms with E-state index >= 15 is 0 Å². The lowest BCUT2D eigenvalue weighted by Gasteiger charge is -2.48. The van der Waals surface area contributed by atoms with Crippen LogP contribution in [-0.2, 0) is 19.9 Å². The van der Waals surface area contributed by atoms with Crippen LogP contribution in [0, 0.1) is 5.41 Å². The van der Waals surface area contributed by atoms with Crippen molar-refractivity contribution in [1.29, 1.82) is 0 Å². The molecule has 1 aliphatic carbocycles. The van der Waals surface area contributed by atoms with Crippen molar-refractivity contribution in [2.75, 3.05) is 34.3 Å². The summed E-state index contributed by atoms with van der Waals surface area (Å²) in [6, 6.07) is 6.08. The molecule has 136 valence electrons. The molecule has 0 unspecified atom stereocenters. The topological polar surface area (TPSA) is 62.7 Å². The smallest absolute Gasteiger partial charge is 0.325 e. The molecule has 2 fully saturated rings. The van der Waals surface area contributed by atoms with E-state index in [0.29, 0.717) is 13.0 Å². The summed E-state index contributed by atoms with van der Waals surface area (Å²) in [6.45, 7) is 0.725. The third-order valence-electron chi connectivity index (χ3n) is 6.09. The van der Waals surface area contributed by atoms with Gasteiger partial charge in [0.15, 0.2) is 0 Å². The number of ether oxygens (including phenoxy) is 1. The van der Waals surface area contributed by atoms with Crippen LogP contribution in [0.4, 0.5) is 0 Å². The molecule has 1 saturated carbocycles.